The van der Waals surface area contributed by atoms with Gasteiger partial charge < -0.3 is 9.92 Å². The van der Waals surface area contributed by atoms with Crippen LogP contribution in [-0.2, 0) is 0 Å². The van der Waals surface area contributed by atoms with E-state index in [-0.39, 0.29) is 0 Å². The highest BCUT2D eigenvalue weighted by molar-refractivity contribution is 7.72. The lowest BCUT2D eigenvalue weighted by atomic mass is 9.83. The zero-order chi connectivity index (χ0) is 8.97. The SMILES string of the molecule is N#Cc1ccccc1B(O)PO. The number of hydrogen-bond donors (Lipinski definition) is 2. The highest BCUT2D eigenvalue weighted by Gasteiger charge is 2.16. The second-order valence-corrected chi connectivity index (χ2v) is 3.04. The molecule has 0 heterocycles. The lowest BCUT2D eigenvalue weighted by Gasteiger charge is -2.03. The summed E-state index contributed by atoms with van der Waals surface area (Å²) in [6.45, 7) is -0.930. The molecule has 0 radical (unpaired) electrons. The van der Waals surface area contributed by atoms with E-state index in [1.807, 2.05) is 6.07 Å². The van der Waals surface area contributed by atoms with Crippen LogP contribution in [0, 0.1) is 11.3 Å². The molecule has 2 N–H and O–H groups in total. The molecular weight excluding hydrogens is 172 g/mol. The Labute approximate surface area is 72.6 Å². The molecule has 0 saturated heterocycles. The van der Waals surface area contributed by atoms with E-state index in [1.165, 1.54) is 0 Å². The topological polar surface area (TPSA) is 64.2 Å². The van der Waals surface area contributed by atoms with Crippen molar-refractivity contribution >= 4 is 20.8 Å². The van der Waals surface area contributed by atoms with Crippen LogP contribution in [0.1, 0.15) is 5.56 Å². The van der Waals surface area contributed by atoms with Gasteiger partial charge in [-0.25, -0.2) is 0 Å². The number of benzene rings is 1. The third-order valence-electron chi connectivity index (χ3n) is 1.50. The third kappa shape index (κ3) is 1.83. The normalized spacial score (nSPS) is 10.1. The molecule has 0 aliphatic carbocycles. The van der Waals surface area contributed by atoms with E-state index in [2.05, 4.69) is 0 Å². The maximum Gasteiger partial charge on any atom is 0.379 e. The molecule has 0 aliphatic rings. The van der Waals surface area contributed by atoms with E-state index >= 15 is 0 Å². The molecule has 0 aliphatic heterocycles. The first-order chi connectivity index (χ1) is 5.79. The molecule has 0 saturated carbocycles. The molecule has 1 aromatic rings. The van der Waals surface area contributed by atoms with Crippen molar-refractivity contribution in [3.63, 3.8) is 0 Å². The molecule has 12 heavy (non-hydrogen) atoms. The number of nitriles is 1. The summed E-state index contributed by atoms with van der Waals surface area (Å²) in [5, 5.41) is 17.9. The van der Waals surface area contributed by atoms with Gasteiger partial charge in [-0.2, -0.15) is 5.26 Å². The summed E-state index contributed by atoms with van der Waals surface area (Å²) in [4.78, 5) is 8.68. The van der Waals surface area contributed by atoms with Gasteiger partial charge in [-0.15, -0.1) is 0 Å². The summed E-state index contributed by atoms with van der Waals surface area (Å²) in [6.07, 6.45) is 0. The van der Waals surface area contributed by atoms with Crippen molar-refractivity contribution in [1.29, 1.82) is 5.26 Å². The zero-order valence-corrected chi connectivity index (χ0v) is 7.23. The van der Waals surface area contributed by atoms with E-state index in [9.17, 15) is 5.02 Å². The Morgan fingerprint density at radius 1 is 1.42 bits per heavy atom. The fourth-order valence-electron chi connectivity index (χ4n) is 0.907. The molecule has 0 spiro atoms. The lowest BCUT2D eigenvalue weighted by molar-refractivity contribution is 0.592. The van der Waals surface area contributed by atoms with Gasteiger partial charge in [0, 0.05) is 14.2 Å². The maximum absolute atomic E-state index is 9.25. The van der Waals surface area contributed by atoms with Crippen molar-refractivity contribution in [3.8, 4) is 6.07 Å². The summed E-state index contributed by atoms with van der Waals surface area (Å²) in [5.74, 6) is 0. The molecule has 0 fully saturated rings. The average molecular weight is 179 g/mol. The van der Waals surface area contributed by atoms with Gasteiger partial charge in [-0.1, -0.05) is 18.2 Å². The van der Waals surface area contributed by atoms with Gasteiger partial charge in [-0.3, -0.25) is 0 Å². The van der Waals surface area contributed by atoms with E-state index in [0.29, 0.717) is 11.0 Å². The van der Waals surface area contributed by atoms with E-state index in [4.69, 9.17) is 10.2 Å². The Morgan fingerprint density at radius 2 is 2.08 bits per heavy atom. The first kappa shape index (κ1) is 9.21. The van der Waals surface area contributed by atoms with Crippen LogP contribution in [0.5, 0.6) is 0 Å². The van der Waals surface area contributed by atoms with Gasteiger partial charge in [0.25, 0.3) is 0 Å². The largest absolute Gasteiger partial charge is 0.441 e. The second-order valence-electron chi connectivity index (χ2n) is 2.23. The first-order valence-electron chi connectivity index (χ1n) is 3.36. The number of nitrogens with zero attached hydrogens (tertiary/aromatic N) is 1. The predicted octanol–water partition coefficient (Wildman–Crippen LogP) is -0.168. The molecular formula is C7H7BNO2P. The smallest absolute Gasteiger partial charge is 0.379 e. The van der Waals surface area contributed by atoms with Crippen LogP contribution in [0.15, 0.2) is 24.3 Å². The van der Waals surface area contributed by atoms with Crippen molar-refractivity contribution < 1.29 is 9.92 Å². The molecule has 5 heteroatoms. The van der Waals surface area contributed by atoms with Crippen molar-refractivity contribution in [2.24, 2.45) is 0 Å². The maximum atomic E-state index is 9.25. The highest BCUT2D eigenvalue weighted by atomic mass is 31.1. The summed E-state index contributed by atoms with van der Waals surface area (Å²) in [5.41, 5.74) is 0.896. The lowest BCUT2D eigenvalue weighted by Crippen LogP contribution is -2.27. The zero-order valence-electron chi connectivity index (χ0n) is 6.23. The molecule has 0 bridgehead atoms. The number of hydrogen-bond acceptors (Lipinski definition) is 3. The minimum atomic E-state index is -0.930. The minimum Gasteiger partial charge on any atom is -0.441 e. The Bertz CT molecular complexity index is 313. The Hall–Kier alpha value is -0.875. The van der Waals surface area contributed by atoms with Gasteiger partial charge in [0.2, 0.25) is 0 Å². The summed E-state index contributed by atoms with van der Waals surface area (Å²) in [7, 11) is -0.587. The molecule has 1 atom stereocenters. The van der Waals surface area contributed by atoms with Crippen LogP contribution >= 0.6 is 8.69 Å². The summed E-state index contributed by atoms with van der Waals surface area (Å²) < 4.78 is 0. The molecule has 0 amide bonds. The predicted molar refractivity (Wildman–Crippen MR) is 49.3 cm³/mol. The second kappa shape index (κ2) is 4.23. The standard InChI is InChI=1S/C7H7BNO2P/c9-5-6-3-1-2-4-7(6)8(10)12-11/h1-4,10-12H. The van der Waals surface area contributed by atoms with E-state index in [1.54, 1.807) is 24.3 Å². The van der Waals surface area contributed by atoms with Crippen molar-refractivity contribution in [3.05, 3.63) is 29.8 Å². The van der Waals surface area contributed by atoms with Gasteiger partial charge >= 0.3 is 6.64 Å². The van der Waals surface area contributed by atoms with E-state index < -0.39 is 15.3 Å². The van der Waals surface area contributed by atoms with Crippen molar-refractivity contribution in [2.45, 2.75) is 0 Å². The summed E-state index contributed by atoms with van der Waals surface area (Å²) >= 11 is 0. The van der Waals surface area contributed by atoms with Gasteiger partial charge in [0.15, 0.2) is 0 Å². The Morgan fingerprint density at radius 3 is 2.67 bits per heavy atom. The average Bonchev–Trinajstić information content (AvgIpc) is 2.16. The fourth-order valence-corrected chi connectivity index (χ4v) is 1.30. The molecule has 0 aromatic heterocycles. The van der Waals surface area contributed by atoms with Crippen LogP contribution in [0.4, 0.5) is 0 Å². The van der Waals surface area contributed by atoms with E-state index in [0.717, 1.165) is 0 Å². The fraction of sp³-hybridized carbons (Fsp3) is 0. The Kier molecular flexibility index (Phi) is 3.24. The molecule has 1 unspecified atom stereocenters. The number of rotatable bonds is 2. The van der Waals surface area contributed by atoms with Crippen molar-refractivity contribution in [1.82, 2.24) is 0 Å². The Balaban J connectivity index is 3.07. The minimum absolute atomic E-state index is 0.409. The van der Waals surface area contributed by atoms with Gasteiger partial charge in [0.1, 0.15) is 0 Å². The molecule has 1 aromatic carbocycles. The van der Waals surface area contributed by atoms with Gasteiger partial charge in [-0.05, 0) is 11.5 Å². The summed E-state index contributed by atoms with van der Waals surface area (Å²) in [6, 6.07) is 8.62. The van der Waals surface area contributed by atoms with Crippen LogP contribution in [0.25, 0.3) is 0 Å². The first-order valence-corrected chi connectivity index (χ1v) is 4.38. The van der Waals surface area contributed by atoms with Crippen LogP contribution in [0.2, 0.25) is 0 Å². The quantitative estimate of drug-likeness (QED) is 0.489. The van der Waals surface area contributed by atoms with Crippen molar-refractivity contribution in [2.75, 3.05) is 0 Å². The van der Waals surface area contributed by atoms with Gasteiger partial charge in [0.05, 0.1) is 6.07 Å². The molecule has 60 valence electrons. The van der Waals surface area contributed by atoms with Crippen LogP contribution in [-0.4, -0.2) is 16.6 Å². The molecule has 3 nitrogen and oxygen atoms in total. The third-order valence-corrected chi connectivity index (χ3v) is 2.05. The highest BCUT2D eigenvalue weighted by Crippen LogP contribution is 2.07. The van der Waals surface area contributed by atoms with Crippen LogP contribution in [0.3, 0.4) is 0 Å². The molecule has 1 rings (SSSR count). The van der Waals surface area contributed by atoms with Crippen LogP contribution < -0.4 is 5.46 Å². The monoisotopic (exact) mass is 179 g/mol.